The van der Waals surface area contributed by atoms with E-state index in [-0.39, 0.29) is 11.4 Å². The van der Waals surface area contributed by atoms with Crippen LogP contribution in [0.3, 0.4) is 0 Å². The lowest BCUT2D eigenvalue weighted by Gasteiger charge is -2.32. The molecule has 2 atom stereocenters. The van der Waals surface area contributed by atoms with E-state index in [1.54, 1.807) is 24.3 Å². The summed E-state index contributed by atoms with van der Waals surface area (Å²) in [6.07, 6.45) is 0. The molecule has 2 unspecified atom stereocenters. The number of benzene rings is 4. The quantitative estimate of drug-likeness (QED) is 0.281. The fourth-order valence-electron chi connectivity index (χ4n) is 4.35. The van der Waals surface area contributed by atoms with Crippen LogP contribution in [0.15, 0.2) is 97.1 Å². The van der Waals surface area contributed by atoms with Gasteiger partial charge in [-0.3, -0.25) is 20.2 Å². The van der Waals surface area contributed by atoms with Crippen LogP contribution in [0.1, 0.15) is 34.3 Å². The van der Waals surface area contributed by atoms with E-state index in [0.29, 0.717) is 22.5 Å². The molecular weight excluding hydrogens is 432 g/mol. The maximum atomic E-state index is 11.6. The topological polar surface area (TPSA) is 110 Å². The van der Waals surface area contributed by atoms with E-state index in [2.05, 4.69) is 10.6 Å². The van der Waals surface area contributed by atoms with Gasteiger partial charge < -0.3 is 10.6 Å². The molecule has 0 spiro atoms. The Hall–Kier alpha value is -4.72. The Morgan fingerprint density at radius 1 is 0.559 bits per heavy atom. The van der Waals surface area contributed by atoms with Crippen molar-refractivity contribution in [3.05, 3.63) is 140 Å². The van der Waals surface area contributed by atoms with Crippen LogP contribution in [-0.4, -0.2) is 9.85 Å². The first-order valence-electron chi connectivity index (χ1n) is 10.7. The minimum Gasteiger partial charge on any atom is -0.374 e. The van der Waals surface area contributed by atoms with Gasteiger partial charge in [0.2, 0.25) is 0 Å². The molecule has 0 saturated carbocycles. The Bertz CT molecular complexity index is 1270. The van der Waals surface area contributed by atoms with Crippen molar-refractivity contribution in [1.29, 1.82) is 0 Å². The smallest absolute Gasteiger partial charge is 0.269 e. The first-order chi connectivity index (χ1) is 16.5. The summed E-state index contributed by atoms with van der Waals surface area (Å²) in [5, 5.41) is 30.2. The summed E-state index contributed by atoms with van der Waals surface area (Å²) < 4.78 is 0. The summed E-state index contributed by atoms with van der Waals surface area (Å²) in [6, 6.07) is 27.9. The summed E-state index contributed by atoms with van der Waals surface area (Å²) in [6.45, 7) is 0. The zero-order valence-corrected chi connectivity index (χ0v) is 17.9. The predicted octanol–water partition coefficient (Wildman–Crippen LogP) is 6.22. The van der Waals surface area contributed by atoms with Crippen molar-refractivity contribution >= 4 is 22.7 Å². The number of nitro groups is 2. The summed E-state index contributed by atoms with van der Waals surface area (Å²) in [4.78, 5) is 22.3. The van der Waals surface area contributed by atoms with E-state index >= 15 is 0 Å². The average molecular weight is 452 g/mol. The molecule has 0 saturated heterocycles. The molecule has 0 radical (unpaired) electrons. The number of anilines is 2. The molecule has 0 aliphatic carbocycles. The normalized spacial score (nSPS) is 16.6. The fraction of sp³-hybridized carbons (Fsp3) is 0.0769. The molecule has 0 fully saturated rings. The highest BCUT2D eigenvalue weighted by Crippen LogP contribution is 2.43. The number of nitro benzene ring substituents is 2. The second-order valence-corrected chi connectivity index (χ2v) is 8.03. The number of nitrogens with zero attached hydrogens (tertiary/aromatic N) is 2. The molecule has 0 amide bonds. The highest BCUT2D eigenvalue weighted by molar-refractivity contribution is 5.70. The molecule has 0 aromatic heterocycles. The number of hydrogen-bond donors (Lipinski definition) is 2. The van der Waals surface area contributed by atoms with Crippen LogP contribution in [0.4, 0.5) is 22.7 Å². The minimum atomic E-state index is -0.416. The number of nitrogens with one attached hydrogen (secondary N) is 2. The van der Waals surface area contributed by atoms with Gasteiger partial charge in [-0.2, -0.15) is 0 Å². The van der Waals surface area contributed by atoms with Gasteiger partial charge in [0.15, 0.2) is 0 Å². The van der Waals surface area contributed by atoms with Crippen molar-refractivity contribution < 1.29 is 9.85 Å². The van der Waals surface area contributed by atoms with Gasteiger partial charge in [0.1, 0.15) is 0 Å². The largest absolute Gasteiger partial charge is 0.374 e. The standard InChI is InChI=1S/C26H20N4O4/c31-29(32)19-11-13-23-21(15-19)25(17-7-3-1-4-8-17)27-24-14-12-20(30(33)34)16-22(24)26(28-23)18-9-5-2-6-10-18/h1-16,25-28H. The first kappa shape index (κ1) is 21.1. The van der Waals surface area contributed by atoms with Crippen molar-refractivity contribution in [3.63, 3.8) is 0 Å². The van der Waals surface area contributed by atoms with Gasteiger partial charge in [0.25, 0.3) is 11.4 Å². The Labute approximate surface area is 195 Å². The third kappa shape index (κ3) is 3.93. The maximum absolute atomic E-state index is 11.6. The first-order valence-corrected chi connectivity index (χ1v) is 10.7. The maximum Gasteiger partial charge on any atom is 0.269 e. The fourth-order valence-corrected chi connectivity index (χ4v) is 4.35. The third-order valence-corrected chi connectivity index (χ3v) is 5.98. The van der Waals surface area contributed by atoms with Gasteiger partial charge in [-0.05, 0) is 23.3 Å². The summed E-state index contributed by atoms with van der Waals surface area (Å²) in [7, 11) is 0. The zero-order chi connectivity index (χ0) is 23.7. The molecule has 8 nitrogen and oxygen atoms in total. The number of non-ortho nitro benzene ring substituents is 2. The number of hydrogen-bond acceptors (Lipinski definition) is 6. The molecule has 0 bridgehead atoms. The third-order valence-electron chi connectivity index (χ3n) is 5.98. The van der Waals surface area contributed by atoms with Crippen LogP contribution in [0, 0.1) is 20.2 Å². The highest BCUT2D eigenvalue weighted by atomic mass is 16.6. The molecule has 1 heterocycles. The van der Waals surface area contributed by atoms with E-state index in [4.69, 9.17) is 0 Å². The molecule has 4 aromatic carbocycles. The molecule has 1 aliphatic rings. The molecular formula is C26H20N4O4. The van der Waals surface area contributed by atoms with Crippen molar-refractivity contribution in [2.75, 3.05) is 10.6 Å². The highest BCUT2D eigenvalue weighted by Gasteiger charge is 2.29. The molecule has 5 rings (SSSR count). The average Bonchev–Trinajstić information content (AvgIpc) is 2.86. The van der Waals surface area contributed by atoms with E-state index < -0.39 is 21.9 Å². The zero-order valence-electron chi connectivity index (χ0n) is 17.9. The van der Waals surface area contributed by atoms with Crippen LogP contribution in [0.5, 0.6) is 0 Å². The number of rotatable bonds is 4. The van der Waals surface area contributed by atoms with Crippen molar-refractivity contribution in [2.45, 2.75) is 12.1 Å². The van der Waals surface area contributed by atoms with Crippen LogP contribution in [0.2, 0.25) is 0 Å². The van der Waals surface area contributed by atoms with Gasteiger partial charge in [0.05, 0.1) is 21.9 Å². The van der Waals surface area contributed by atoms with E-state index in [1.807, 2.05) is 60.7 Å². The molecule has 2 N–H and O–H groups in total. The lowest BCUT2D eigenvalue weighted by Crippen LogP contribution is -2.23. The SMILES string of the molecule is O=[N+]([O-])c1ccc2c(c1)C(c1ccccc1)Nc1ccc([N+](=O)[O-])cc1C(c1ccccc1)N2. The van der Waals surface area contributed by atoms with Crippen LogP contribution in [-0.2, 0) is 0 Å². The number of fused-ring (bicyclic) bond motifs is 2. The molecule has 34 heavy (non-hydrogen) atoms. The van der Waals surface area contributed by atoms with Crippen LogP contribution >= 0.6 is 0 Å². The molecule has 1 aliphatic heterocycles. The van der Waals surface area contributed by atoms with Gasteiger partial charge in [-0.1, -0.05) is 60.7 Å². The van der Waals surface area contributed by atoms with Crippen LogP contribution in [0.25, 0.3) is 0 Å². The van der Waals surface area contributed by atoms with E-state index in [0.717, 1.165) is 11.1 Å². The Morgan fingerprint density at radius 3 is 1.29 bits per heavy atom. The Balaban J connectivity index is 1.75. The summed E-state index contributed by atoms with van der Waals surface area (Å²) in [5.41, 5.74) is 4.64. The second kappa shape index (κ2) is 8.67. The van der Waals surface area contributed by atoms with Crippen molar-refractivity contribution in [2.24, 2.45) is 0 Å². The van der Waals surface area contributed by atoms with E-state index in [9.17, 15) is 20.2 Å². The monoisotopic (exact) mass is 452 g/mol. The van der Waals surface area contributed by atoms with Gasteiger partial charge in [-0.25, -0.2) is 0 Å². The minimum absolute atomic E-state index is 0.0101. The van der Waals surface area contributed by atoms with Crippen LogP contribution < -0.4 is 10.6 Å². The molecule has 8 heteroatoms. The lowest BCUT2D eigenvalue weighted by molar-refractivity contribution is -0.385. The lowest BCUT2D eigenvalue weighted by atomic mass is 9.90. The van der Waals surface area contributed by atoms with Gasteiger partial charge >= 0.3 is 0 Å². The Kier molecular flexibility index (Phi) is 5.39. The van der Waals surface area contributed by atoms with E-state index in [1.165, 1.54) is 12.1 Å². The van der Waals surface area contributed by atoms with Crippen molar-refractivity contribution in [1.82, 2.24) is 0 Å². The van der Waals surface area contributed by atoms with Crippen molar-refractivity contribution in [3.8, 4) is 0 Å². The molecule has 4 aromatic rings. The van der Waals surface area contributed by atoms with Gasteiger partial charge in [-0.15, -0.1) is 0 Å². The second-order valence-electron chi connectivity index (χ2n) is 8.03. The van der Waals surface area contributed by atoms with Gasteiger partial charge in [0, 0.05) is 46.8 Å². The molecule has 168 valence electrons. The Morgan fingerprint density at radius 2 is 0.941 bits per heavy atom. The predicted molar refractivity (Wildman–Crippen MR) is 130 cm³/mol. The summed E-state index contributed by atoms with van der Waals surface area (Å²) in [5.74, 6) is 0. The summed E-state index contributed by atoms with van der Waals surface area (Å²) >= 11 is 0.